The van der Waals surface area contributed by atoms with Gasteiger partial charge in [-0.25, -0.2) is 0 Å². The number of Topliss-reactive ketones (excluding diaryl/α,β-unsaturated/α-hetero) is 1. The Hall–Kier alpha value is -0.940. The van der Waals surface area contributed by atoms with Crippen LogP contribution in [-0.4, -0.2) is 23.8 Å². The number of carbonyl (C=O) groups excluding carboxylic acids is 2. The number of rotatable bonds is 3. The van der Waals surface area contributed by atoms with Crippen LogP contribution >= 0.6 is 0 Å². The summed E-state index contributed by atoms with van der Waals surface area (Å²) in [7, 11) is 0. The maximum atomic E-state index is 10.5. The van der Waals surface area contributed by atoms with Gasteiger partial charge < -0.3 is 17.2 Å². The van der Waals surface area contributed by atoms with Crippen LogP contribution in [0.2, 0.25) is 0 Å². The summed E-state index contributed by atoms with van der Waals surface area (Å²) < 4.78 is 0. The van der Waals surface area contributed by atoms with Crippen LogP contribution in [0.5, 0.6) is 0 Å². The van der Waals surface area contributed by atoms with Gasteiger partial charge in [-0.3, -0.25) is 9.59 Å². The highest BCUT2D eigenvalue weighted by atomic mass is 16.1. The van der Waals surface area contributed by atoms with Crippen LogP contribution < -0.4 is 17.2 Å². The highest BCUT2D eigenvalue weighted by Gasteiger charge is 2.21. The summed E-state index contributed by atoms with van der Waals surface area (Å²) in [5.74, 6) is -1.10. The van der Waals surface area contributed by atoms with Gasteiger partial charge in [-0.05, 0) is 6.92 Å². The molecule has 58 valence electrons. The molecule has 0 aliphatic heterocycles. The van der Waals surface area contributed by atoms with Gasteiger partial charge in [0, 0.05) is 0 Å². The molecule has 0 spiro atoms. The van der Waals surface area contributed by atoms with Crippen molar-refractivity contribution in [2.24, 2.45) is 17.2 Å². The summed E-state index contributed by atoms with van der Waals surface area (Å²) in [6, 6.07) is -2.05. The number of nitrogens with two attached hydrogens (primary N) is 3. The molecule has 6 N–H and O–H groups in total. The maximum Gasteiger partial charge on any atom is 0.236 e. The van der Waals surface area contributed by atoms with E-state index in [-0.39, 0.29) is 5.78 Å². The molecule has 0 fully saturated rings. The van der Waals surface area contributed by atoms with E-state index in [1.165, 1.54) is 6.92 Å². The maximum absolute atomic E-state index is 10.5. The first-order valence-electron chi connectivity index (χ1n) is 2.77. The molecule has 0 aromatic heterocycles. The van der Waals surface area contributed by atoms with Gasteiger partial charge in [0.2, 0.25) is 5.91 Å². The number of carbonyl (C=O) groups is 2. The van der Waals surface area contributed by atoms with Crippen LogP contribution in [0.1, 0.15) is 6.92 Å². The van der Waals surface area contributed by atoms with Crippen LogP contribution in [0.15, 0.2) is 0 Å². The van der Waals surface area contributed by atoms with Crippen molar-refractivity contribution in [3.05, 3.63) is 0 Å². The molecule has 2 unspecified atom stereocenters. The number of ketones is 1. The predicted molar refractivity (Wildman–Crippen MR) is 35.8 cm³/mol. The van der Waals surface area contributed by atoms with Crippen LogP contribution in [0.25, 0.3) is 0 Å². The van der Waals surface area contributed by atoms with E-state index in [0.29, 0.717) is 0 Å². The van der Waals surface area contributed by atoms with Crippen molar-refractivity contribution < 1.29 is 9.59 Å². The standard InChI is InChI=1S/C5H11N3O2/c1-2(9)3(6)4(7)5(8)10/h3-4H,6-7H2,1H3,(H2,8,10). The molecule has 0 heterocycles. The number of amides is 1. The van der Waals surface area contributed by atoms with Gasteiger partial charge in [0.15, 0.2) is 0 Å². The molecule has 5 heteroatoms. The second-order valence-electron chi connectivity index (χ2n) is 2.06. The molecule has 0 rings (SSSR count). The summed E-state index contributed by atoms with van der Waals surface area (Å²) >= 11 is 0. The molecule has 1 amide bonds. The Bertz CT molecular complexity index is 139. The fourth-order valence-electron chi connectivity index (χ4n) is 0.430. The van der Waals surface area contributed by atoms with E-state index in [1.807, 2.05) is 0 Å². The SMILES string of the molecule is CC(=O)C(N)C(N)C(N)=O. The zero-order valence-corrected chi connectivity index (χ0v) is 5.70. The molecule has 0 aromatic carbocycles. The van der Waals surface area contributed by atoms with Crippen molar-refractivity contribution in [1.29, 1.82) is 0 Å². The van der Waals surface area contributed by atoms with Gasteiger partial charge in [0.25, 0.3) is 0 Å². The van der Waals surface area contributed by atoms with Crippen LogP contribution in [0, 0.1) is 0 Å². The quantitative estimate of drug-likeness (QED) is 0.415. The van der Waals surface area contributed by atoms with Crippen LogP contribution in [0.3, 0.4) is 0 Å². The minimum absolute atomic E-state index is 0.341. The van der Waals surface area contributed by atoms with Crippen molar-refractivity contribution >= 4 is 11.7 Å². The zero-order chi connectivity index (χ0) is 8.31. The molecule has 0 bridgehead atoms. The Balaban J connectivity index is 4.07. The summed E-state index contributed by atoms with van der Waals surface area (Å²) in [5.41, 5.74) is 15.1. The van der Waals surface area contributed by atoms with E-state index in [0.717, 1.165) is 0 Å². The summed E-state index contributed by atoms with van der Waals surface area (Å²) in [4.78, 5) is 20.8. The topological polar surface area (TPSA) is 112 Å². The first-order valence-corrected chi connectivity index (χ1v) is 2.77. The lowest BCUT2D eigenvalue weighted by atomic mass is 10.1. The van der Waals surface area contributed by atoms with Crippen molar-refractivity contribution in [1.82, 2.24) is 0 Å². The first kappa shape index (κ1) is 9.06. The van der Waals surface area contributed by atoms with E-state index >= 15 is 0 Å². The normalized spacial score (nSPS) is 15.9. The van der Waals surface area contributed by atoms with E-state index < -0.39 is 18.0 Å². The monoisotopic (exact) mass is 145 g/mol. The average molecular weight is 145 g/mol. The number of hydrogen-bond acceptors (Lipinski definition) is 4. The smallest absolute Gasteiger partial charge is 0.236 e. The summed E-state index contributed by atoms with van der Waals surface area (Å²) in [6.45, 7) is 1.26. The third kappa shape index (κ3) is 2.12. The Morgan fingerprint density at radius 3 is 1.70 bits per heavy atom. The lowest BCUT2D eigenvalue weighted by Crippen LogP contribution is -2.53. The summed E-state index contributed by atoms with van der Waals surface area (Å²) in [5, 5.41) is 0. The second kappa shape index (κ2) is 3.28. The number of hydrogen-bond donors (Lipinski definition) is 3. The van der Waals surface area contributed by atoms with Gasteiger partial charge in [0.05, 0.1) is 6.04 Å². The van der Waals surface area contributed by atoms with Gasteiger partial charge >= 0.3 is 0 Å². The van der Waals surface area contributed by atoms with Crippen molar-refractivity contribution in [3.8, 4) is 0 Å². The molecule has 0 aromatic rings. The fourth-order valence-corrected chi connectivity index (χ4v) is 0.430. The van der Waals surface area contributed by atoms with E-state index in [9.17, 15) is 9.59 Å². The highest BCUT2D eigenvalue weighted by Crippen LogP contribution is 1.86. The highest BCUT2D eigenvalue weighted by molar-refractivity contribution is 5.91. The van der Waals surface area contributed by atoms with Crippen molar-refractivity contribution in [2.45, 2.75) is 19.0 Å². The van der Waals surface area contributed by atoms with Crippen LogP contribution in [-0.2, 0) is 9.59 Å². The minimum atomic E-state index is -1.07. The molecule has 0 aliphatic carbocycles. The number of primary amides is 1. The molecular formula is C5H11N3O2. The third-order valence-electron chi connectivity index (χ3n) is 1.18. The molecule has 0 saturated carbocycles. The lowest BCUT2D eigenvalue weighted by molar-refractivity contribution is -0.125. The van der Waals surface area contributed by atoms with Gasteiger partial charge in [0.1, 0.15) is 11.8 Å². The molecule has 0 saturated heterocycles. The summed E-state index contributed by atoms with van der Waals surface area (Å²) in [6.07, 6.45) is 0. The second-order valence-corrected chi connectivity index (χ2v) is 2.06. The van der Waals surface area contributed by atoms with Gasteiger partial charge in [-0.1, -0.05) is 0 Å². The van der Waals surface area contributed by atoms with E-state index in [1.54, 1.807) is 0 Å². The first-order chi connectivity index (χ1) is 4.46. The molecule has 2 atom stereocenters. The van der Waals surface area contributed by atoms with Crippen LogP contribution in [0.4, 0.5) is 0 Å². The van der Waals surface area contributed by atoms with Gasteiger partial charge in [-0.2, -0.15) is 0 Å². The molecule has 0 aliphatic rings. The Morgan fingerprint density at radius 2 is 1.60 bits per heavy atom. The van der Waals surface area contributed by atoms with E-state index in [2.05, 4.69) is 0 Å². The third-order valence-corrected chi connectivity index (χ3v) is 1.18. The molecule has 10 heavy (non-hydrogen) atoms. The largest absolute Gasteiger partial charge is 0.368 e. The fraction of sp³-hybridized carbons (Fsp3) is 0.600. The molecule has 5 nitrogen and oxygen atoms in total. The zero-order valence-electron chi connectivity index (χ0n) is 5.70. The Morgan fingerprint density at radius 1 is 1.20 bits per heavy atom. The molecule has 0 radical (unpaired) electrons. The lowest BCUT2D eigenvalue weighted by Gasteiger charge is -2.12. The van der Waals surface area contributed by atoms with E-state index in [4.69, 9.17) is 17.2 Å². The minimum Gasteiger partial charge on any atom is -0.368 e. The van der Waals surface area contributed by atoms with Crippen molar-refractivity contribution in [2.75, 3.05) is 0 Å². The predicted octanol–water partition coefficient (Wildman–Crippen LogP) is -2.28. The molecular weight excluding hydrogens is 134 g/mol. The Labute approximate surface area is 58.5 Å². The Kier molecular flexibility index (Phi) is 2.98. The average Bonchev–Trinajstić information content (AvgIpc) is 1.84. The van der Waals surface area contributed by atoms with Gasteiger partial charge in [-0.15, -0.1) is 0 Å². The van der Waals surface area contributed by atoms with Crippen molar-refractivity contribution in [3.63, 3.8) is 0 Å².